The van der Waals surface area contributed by atoms with Gasteiger partial charge in [-0.05, 0) is 19.4 Å². The molecule has 0 fully saturated rings. The normalized spacial score (nSPS) is 12.2. The maximum absolute atomic E-state index is 13.7. The number of aryl methyl sites for hydroxylation is 1. The molecule has 5 heteroatoms. The van der Waals surface area contributed by atoms with Gasteiger partial charge in [0.2, 0.25) is 0 Å². The SMILES string of the molecule is CCCc1nc(Cl)cc(NC(C)c2ccccc2F)n1. The van der Waals surface area contributed by atoms with E-state index in [0.29, 0.717) is 22.4 Å². The molecule has 2 aromatic rings. The summed E-state index contributed by atoms with van der Waals surface area (Å²) in [5.74, 6) is 1.08. The lowest BCUT2D eigenvalue weighted by Gasteiger charge is -2.16. The quantitative estimate of drug-likeness (QED) is 0.831. The zero-order chi connectivity index (χ0) is 14.5. The van der Waals surface area contributed by atoms with Crippen LogP contribution in [0.15, 0.2) is 30.3 Å². The Labute approximate surface area is 123 Å². The second-order valence-electron chi connectivity index (χ2n) is 4.63. The van der Waals surface area contributed by atoms with Crippen molar-refractivity contribution in [2.45, 2.75) is 32.7 Å². The predicted molar refractivity (Wildman–Crippen MR) is 79.5 cm³/mol. The third-order valence-electron chi connectivity index (χ3n) is 2.95. The van der Waals surface area contributed by atoms with E-state index >= 15 is 0 Å². The smallest absolute Gasteiger partial charge is 0.134 e. The van der Waals surface area contributed by atoms with E-state index < -0.39 is 0 Å². The summed E-state index contributed by atoms with van der Waals surface area (Å²) in [7, 11) is 0. The predicted octanol–water partition coefficient (Wildman–Crippen LogP) is 4.39. The molecule has 0 aliphatic carbocycles. The molecule has 0 spiro atoms. The summed E-state index contributed by atoms with van der Waals surface area (Å²) in [6.45, 7) is 3.94. The molecule has 0 aliphatic rings. The molecular weight excluding hydrogens is 277 g/mol. The van der Waals surface area contributed by atoms with Crippen molar-refractivity contribution < 1.29 is 4.39 Å². The Morgan fingerprint density at radius 3 is 2.75 bits per heavy atom. The lowest BCUT2D eigenvalue weighted by molar-refractivity contribution is 0.600. The van der Waals surface area contributed by atoms with E-state index in [-0.39, 0.29) is 11.9 Å². The van der Waals surface area contributed by atoms with Crippen LogP contribution in [0.2, 0.25) is 5.15 Å². The lowest BCUT2D eigenvalue weighted by atomic mass is 10.1. The van der Waals surface area contributed by atoms with E-state index in [0.717, 1.165) is 12.8 Å². The summed E-state index contributed by atoms with van der Waals surface area (Å²) in [6.07, 6.45) is 1.71. The average Bonchev–Trinajstić information content (AvgIpc) is 2.38. The maximum atomic E-state index is 13.7. The number of rotatable bonds is 5. The van der Waals surface area contributed by atoms with Crippen LogP contribution in [0.4, 0.5) is 10.2 Å². The van der Waals surface area contributed by atoms with E-state index in [1.807, 2.05) is 13.0 Å². The number of halogens is 2. The van der Waals surface area contributed by atoms with Gasteiger partial charge in [-0.2, -0.15) is 0 Å². The fourth-order valence-electron chi connectivity index (χ4n) is 2.00. The molecule has 0 saturated heterocycles. The van der Waals surface area contributed by atoms with Crippen LogP contribution in [0.5, 0.6) is 0 Å². The molecule has 1 N–H and O–H groups in total. The highest BCUT2D eigenvalue weighted by atomic mass is 35.5. The molecule has 2 rings (SSSR count). The Hall–Kier alpha value is -1.68. The highest BCUT2D eigenvalue weighted by Gasteiger charge is 2.11. The van der Waals surface area contributed by atoms with Crippen molar-refractivity contribution >= 4 is 17.4 Å². The first-order valence-electron chi connectivity index (χ1n) is 6.64. The molecule has 20 heavy (non-hydrogen) atoms. The summed E-state index contributed by atoms with van der Waals surface area (Å²) in [5.41, 5.74) is 0.597. The van der Waals surface area contributed by atoms with Crippen molar-refractivity contribution in [1.82, 2.24) is 9.97 Å². The van der Waals surface area contributed by atoms with E-state index in [1.165, 1.54) is 6.07 Å². The Balaban J connectivity index is 2.19. The van der Waals surface area contributed by atoms with Gasteiger partial charge in [-0.1, -0.05) is 36.7 Å². The highest BCUT2D eigenvalue weighted by molar-refractivity contribution is 6.29. The van der Waals surface area contributed by atoms with Crippen molar-refractivity contribution in [3.05, 3.63) is 52.7 Å². The minimum Gasteiger partial charge on any atom is -0.363 e. The molecule has 1 heterocycles. The highest BCUT2D eigenvalue weighted by Crippen LogP contribution is 2.22. The second kappa shape index (κ2) is 6.66. The molecule has 0 saturated carbocycles. The minimum atomic E-state index is -0.235. The molecule has 1 atom stereocenters. The fraction of sp³-hybridized carbons (Fsp3) is 0.333. The zero-order valence-electron chi connectivity index (χ0n) is 11.5. The molecular formula is C15H17ClFN3. The molecule has 1 aromatic heterocycles. The van der Waals surface area contributed by atoms with Gasteiger partial charge >= 0.3 is 0 Å². The van der Waals surface area contributed by atoms with Crippen molar-refractivity contribution in [1.29, 1.82) is 0 Å². The molecule has 3 nitrogen and oxygen atoms in total. The molecule has 0 bridgehead atoms. The van der Waals surface area contributed by atoms with Gasteiger partial charge in [0.05, 0.1) is 6.04 Å². The molecule has 1 aromatic carbocycles. The van der Waals surface area contributed by atoms with Crippen LogP contribution in [0.25, 0.3) is 0 Å². The van der Waals surface area contributed by atoms with Gasteiger partial charge in [0, 0.05) is 18.1 Å². The number of aromatic nitrogens is 2. The van der Waals surface area contributed by atoms with Crippen molar-refractivity contribution in [3.8, 4) is 0 Å². The molecule has 0 radical (unpaired) electrons. The van der Waals surface area contributed by atoms with Crippen LogP contribution < -0.4 is 5.32 Å². The second-order valence-corrected chi connectivity index (χ2v) is 5.02. The summed E-state index contributed by atoms with van der Waals surface area (Å²) in [6, 6.07) is 8.14. The largest absolute Gasteiger partial charge is 0.363 e. The first-order valence-corrected chi connectivity index (χ1v) is 7.02. The van der Waals surface area contributed by atoms with Gasteiger partial charge in [-0.15, -0.1) is 0 Å². The van der Waals surface area contributed by atoms with Crippen molar-refractivity contribution in [3.63, 3.8) is 0 Å². The van der Waals surface area contributed by atoms with Crippen LogP contribution in [-0.2, 0) is 6.42 Å². The summed E-state index contributed by atoms with van der Waals surface area (Å²) < 4.78 is 13.7. The fourth-order valence-corrected chi connectivity index (χ4v) is 2.20. The monoisotopic (exact) mass is 293 g/mol. The number of benzene rings is 1. The van der Waals surface area contributed by atoms with Crippen molar-refractivity contribution in [2.24, 2.45) is 0 Å². The van der Waals surface area contributed by atoms with Crippen LogP contribution in [0.1, 0.15) is 37.7 Å². The number of hydrogen-bond donors (Lipinski definition) is 1. The van der Waals surface area contributed by atoms with Crippen molar-refractivity contribution in [2.75, 3.05) is 5.32 Å². The van der Waals surface area contributed by atoms with Crippen LogP contribution in [0.3, 0.4) is 0 Å². The Bertz CT molecular complexity index is 589. The summed E-state index contributed by atoms with van der Waals surface area (Å²) in [5, 5.41) is 3.56. The molecule has 1 unspecified atom stereocenters. The average molecular weight is 294 g/mol. The van der Waals surface area contributed by atoms with Gasteiger partial charge < -0.3 is 5.32 Å². The molecule has 0 aliphatic heterocycles. The van der Waals surface area contributed by atoms with Crippen LogP contribution in [-0.4, -0.2) is 9.97 Å². The van der Waals surface area contributed by atoms with E-state index in [2.05, 4.69) is 22.2 Å². The summed E-state index contributed by atoms with van der Waals surface area (Å²) >= 11 is 5.98. The number of hydrogen-bond acceptors (Lipinski definition) is 3. The van der Waals surface area contributed by atoms with Gasteiger partial charge in [-0.3, -0.25) is 0 Å². The van der Waals surface area contributed by atoms with E-state index in [9.17, 15) is 4.39 Å². The Kier molecular flexibility index (Phi) is 4.90. The van der Waals surface area contributed by atoms with E-state index in [1.54, 1.807) is 18.2 Å². The summed E-state index contributed by atoms with van der Waals surface area (Å²) in [4.78, 5) is 8.55. The molecule has 106 valence electrons. The minimum absolute atomic E-state index is 0.198. The number of nitrogens with zero attached hydrogens (tertiary/aromatic N) is 2. The van der Waals surface area contributed by atoms with Crippen LogP contribution in [0, 0.1) is 5.82 Å². The van der Waals surface area contributed by atoms with Gasteiger partial charge in [0.15, 0.2) is 0 Å². The first-order chi connectivity index (χ1) is 9.60. The zero-order valence-corrected chi connectivity index (χ0v) is 12.3. The number of nitrogens with one attached hydrogen (secondary N) is 1. The third kappa shape index (κ3) is 3.67. The topological polar surface area (TPSA) is 37.8 Å². The van der Waals surface area contributed by atoms with E-state index in [4.69, 9.17) is 11.6 Å². The van der Waals surface area contributed by atoms with Gasteiger partial charge in [0.25, 0.3) is 0 Å². The maximum Gasteiger partial charge on any atom is 0.134 e. The Morgan fingerprint density at radius 1 is 1.30 bits per heavy atom. The lowest BCUT2D eigenvalue weighted by Crippen LogP contribution is -2.11. The molecule has 0 amide bonds. The Morgan fingerprint density at radius 2 is 2.05 bits per heavy atom. The standard InChI is InChI=1S/C15H17ClFN3/c1-3-6-14-19-13(16)9-15(20-14)18-10(2)11-7-4-5-8-12(11)17/h4-5,7-10H,3,6H2,1-2H3,(H,18,19,20). The third-order valence-corrected chi connectivity index (χ3v) is 3.14. The number of anilines is 1. The first kappa shape index (κ1) is 14.7. The van der Waals surface area contributed by atoms with Crippen LogP contribution >= 0.6 is 11.6 Å². The van der Waals surface area contributed by atoms with Gasteiger partial charge in [0.1, 0.15) is 22.6 Å². The van der Waals surface area contributed by atoms with Gasteiger partial charge in [-0.25, -0.2) is 14.4 Å².